The highest BCUT2D eigenvalue weighted by Gasteiger charge is 2.16. The van der Waals surface area contributed by atoms with Gasteiger partial charge in [0.2, 0.25) is 0 Å². The summed E-state index contributed by atoms with van der Waals surface area (Å²) >= 11 is 0. The number of hydrogen-bond donors (Lipinski definition) is 0. The maximum Gasteiger partial charge on any atom is 0.0872 e. The van der Waals surface area contributed by atoms with E-state index < -0.39 is 0 Å². The zero-order chi connectivity index (χ0) is 13.8. The molecule has 1 fully saturated rings. The lowest BCUT2D eigenvalue weighted by atomic mass is 10.2. The van der Waals surface area contributed by atoms with Gasteiger partial charge in [-0.1, -0.05) is 43.2 Å². The van der Waals surface area contributed by atoms with Crippen molar-refractivity contribution in [1.82, 2.24) is 4.57 Å². The standard InChI is InChI=1S/C18H23NO/c1-2-3-12-19-16(14-20-17-9-5-6-10-17)13-15-8-4-7-11-18(15)19/h2-4,7-8,11,13,17H,5-6,9-10,12,14H2,1H3/b3-2-. The van der Waals surface area contributed by atoms with Crippen molar-refractivity contribution in [2.75, 3.05) is 0 Å². The molecule has 2 heteroatoms. The fraction of sp³-hybridized carbons (Fsp3) is 0.444. The summed E-state index contributed by atoms with van der Waals surface area (Å²) < 4.78 is 8.46. The van der Waals surface area contributed by atoms with Crippen LogP contribution in [0.3, 0.4) is 0 Å². The van der Waals surface area contributed by atoms with Crippen molar-refractivity contribution >= 4 is 10.9 Å². The number of fused-ring (bicyclic) bond motifs is 1. The lowest BCUT2D eigenvalue weighted by Crippen LogP contribution is -2.10. The van der Waals surface area contributed by atoms with Crippen LogP contribution in [0.2, 0.25) is 0 Å². The molecule has 0 saturated heterocycles. The summed E-state index contributed by atoms with van der Waals surface area (Å²) in [7, 11) is 0. The summed E-state index contributed by atoms with van der Waals surface area (Å²) in [6, 6.07) is 10.9. The van der Waals surface area contributed by atoms with Gasteiger partial charge in [0.1, 0.15) is 0 Å². The molecule has 0 bridgehead atoms. The van der Waals surface area contributed by atoms with E-state index in [1.54, 1.807) is 0 Å². The first kappa shape index (κ1) is 13.4. The quantitative estimate of drug-likeness (QED) is 0.719. The normalized spacial score (nSPS) is 16.6. The van der Waals surface area contributed by atoms with E-state index in [1.165, 1.54) is 42.3 Å². The first-order valence-electron chi connectivity index (χ1n) is 7.68. The number of para-hydroxylation sites is 1. The van der Waals surface area contributed by atoms with E-state index in [4.69, 9.17) is 4.74 Å². The van der Waals surface area contributed by atoms with Crippen LogP contribution >= 0.6 is 0 Å². The van der Waals surface area contributed by atoms with Crippen molar-refractivity contribution in [2.45, 2.75) is 51.9 Å². The average Bonchev–Trinajstić information content (AvgIpc) is 3.10. The summed E-state index contributed by atoms with van der Waals surface area (Å²) in [4.78, 5) is 0. The molecule has 0 aliphatic heterocycles. The van der Waals surface area contributed by atoms with Crippen LogP contribution < -0.4 is 0 Å². The van der Waals surface area contributed by atoms with E-state index in [2.05, 4.69) is 54.0 Å². The highest BCUT2D eigenvalue weighted by Crippen LogP contribution is 2.25. The van der Waals surface area contributed by atoms with Gasteiger partial charge in [-0.3, -0.25) is 0 Å². The molecular formula is C18H23NO. The number of nitrogens with zero attached hydrogens (tertiary/aromatic N) is 1. The number of hydrogen-bond acceptors (Lipinski definition) is 1. The van der Waals surface area contributed by atoms with Crippen LogP contribution in [-0.4, -0.2) is 10.7 Å². The van der Waals surface area contributed by atoms with Crippen molar-refractivity contribution < 1.29 is 4.74 Å². The lowest BCUT2D eigenvalue weighted by molar-refractivity contribution is 0.0425. The van der Waals surface area contributed by atoms with Crippen molar-refractivity contribution in [3.05, 3.63) is 48.2 Å². The molecule has 0 unspecified atom stereocenters. The third-order valence-corrected chi connectivity index (χ3v) is 4.19. The van der Waals surface area contributed by atoms with E-state index in [-0.39, 0.29) is 0 Å². The second-order valence-electron chi connectivity index (χ2n) is 5.59. The molecule has 1 aliphatic rings. The Labute approximate surface area is 121 Å². The monoisotopic (exact) mass is 269 g/mol. The highest BCUT2D eigenvalue weighted by molar-refractivity contribution is 5.81. The Kier molecular flexibility index (Phi) is 4.22. The zero-order valence-electron chi connectivity index (χ0n) is 12.2. The molecule has 1 aromatic carbocycles. The second kappa shape index (κ2) is 6.27. The largest absolute Gasteiger partial charge is 0.372 e. The predicted octanol–water partition coefficient (Wildman–Crippen LogP) is 4.68. The lowest BCUT2D eigenvalue weighted by Gasteiger charge is -2.13. The molecule has 0 radical (unpaired) electrons. The van der Waals surface area contributed by atoms with E-state index >= 15 is 0 Å². The van der Waals surface area contributed by atoms with Crippen LogP contribution in [-0.2, 0) is 17.9 Å². The molecule has 3 rings (SSSR count). The average molecular weight is 269 g/mol. The van der Waals surface area contributed by atoms with Crippen molar-refractivity contribution in [3.8, 4) is 0 Å². The van der Waals surface area contributed by atoms with Crippen molar-refractivity contribution in [2.24, 2.45) is 0 Å². The predicted molar refractivity (Wildman–Crippen MR) is 83.8 cm³/mol. The molecule has 2 aromatic rings. The van der Waals surface area contributed by atoms with E-state index in [0.29, 0.717) is 6.10 Å². The summed E-state index contributed by atoms with van der Waals surface area (Å²) in [5.74, 6) is 0. The van der Waals surface area contributed by atoms with Crippen LogP contribution in [0.25, 0.3) is 10.9 Å². The Bertz CT molecular complexity index is 590. The highest BCUT2D eigenvalue weighted by atomic mass is 16.5. The molecule has 1 aliphatic carbocycles. The molecule has 1 saturated carbocycles. The summed E-state index contributed by atoms with van der Waals surface area (Å²) in [6.07, 6.45) is 9.90. The van der Waals surface area contributed by atoms with Gasteiger partial charge in [0.05, 0.1) is 12.7 Å². The minimum absolute atomic E-state index is 0.475. The first-order chi connectivity index (χ1) is 9.88. The number of allylic oxidation sites excluding steroid dienone is 2. The topological polar surface area (TPSA) is 14.2 Å². The minimum atomic E-state index is 0.475. The number of rotatable bonds is 5. The van der Waals surface area contributed by atoms with Gasteiger partial charge in [-0.05, 0) is 37.3 Å². The van der Waals surface area contributed by atoms with E-state index in [9.17, 15) is 0 Å². The zero-order valence-corrected chi connectivity index (χ0v) is 12.2. The van der Waals surface area contributed by atoms with Gasteiger partial charge in [-0.15, -0.1) is 0 Å². The smallest absolute Gasteiger partial charge is 0.0872 e. The Balaban J connectivity index is 1.83. The maximum atomic E-state index is 6.09. The third-order valence-electron chi connectivity index (χ3n) is 4.19. The van der Waals surface area contributed by atoms with Crippen LogP contribution in [0.1, 0.15) is 38.3 Å². The summed E-state index contributed by atoms with van der Waals surface area (Å²) in [5, 5.41) is 1.31. The molecular weight excluding hydrogens is 246 g/mol. The van der Waals surface area contributed by atoms with Gasteiger partial charge >= 0.3 is 0 Å². The molecule has 2 nitrogen and oxygen atoms in total. The van der Waals surface area contributed by atoms with E-state index in [0.717, 1.165) is 13.2 Å². The van der Waals surface area contributed by atoms with Gasteiger partial charge in [-0.2, -0.15) is 0 Å². The molecule has 0 spiro atoms. The van der Waals surface area contributed by atoms with E-state index in [1.807, 2.05) is 0 Å². The molecule has 20 heavy (non-hydrogen) atoms. The Morgan fingerprint density at radius 2 is 2.05 bits per heavy atom. The van der Waals surface area contributed by atoms with Crippen LogP contribution in [0.15, 0.2) is 42.5 Å². The van der Waals surface area contributed by atoms with Crippen molar-refractivity contribution in [1.29, 1.82) is 0 Å². The van der Waals surface area contributed by atoms with Gasteiger partial charge in [0.25, 0.3) is 0 Å². The molecule has 1 aromatic heterocycles. The fourth-order valence-electron chi connectivity index (χ4n) is 3.07. The van der Waals surface area contributed by atoms with Gasteiger partial charge < -0.3 is 9.30 Å². The molecule has 0 atom stereocenters. The molecule has 1 heterocycles. The Hall–Kier alpha value is -1.54. The molecule has 0 N–H and O–H groups in total. The van der Waals surface area contributed by atoms with Gasteiger partial charge in [0.15, 0.2) is 0 Å². The number of ether oxygens (including phenoxy) is 1. The number of benzene rings is 1. The molecule has 0 amide bonds. The summed E-state index contributed by atoms with van der Waals surface area (Å²) in [5.41, 5.74) is 2.59. The van der Waals surface area contributed by atoms with Crippen molar-refractivity contribution in [3.63, 3.8) is 0 Å². The van der Waals surface area contributed by atoms with Crippen LogP contribution in [0, 0.1) is 0 Å². The SMILES string of the molecule is C/C=C\Cn1c(COC2CCCC2)cc2ccccc21. The Morgan fingerprint density at radius 3 is 2.85 bits per heavy atom. The van der Waals surface area contributed by atoms with Gasteiger partial charge in [0, 0.05) is 17.8 Å². The maximum absolute atomic E-state index is 6.09. The molecule has 106 valence electrons. The summed E-state index contributed by atoms with van der Waals surface area (Å²) in [6.45, 7) is 3.73. The van der Waals surface area contributed by atoms with Gasteiger partial charge in [-0.25, -0.2) is 0 Å². The first-order valence-corrected chi connectivity index (χ1v) is 7.68. The Morgan fingerprint density at radius 1 is 1.25 bits per heavy atom. The minimum Gasteiger partial charge on any atom is -0.372 e. The van der Waals surface area contributed by atoms with Crippen LogP contribution in [0.5, 0.6) is 0 Å². The second-order valence-corrected chi connectivity index (χ2v) is 5.59. The fourth-order valence-corrected chi connectivity index (χ4v) is 3.07. The number of aromatic nitrogens is 1. The van der Waals surface area contributed by atoms with Crippen LogP contribution in [0.4, 0.5) is 0 Å². The third kappa shape index (κ3) is 2.80.